The first-order valence-corrected chi connectivity index (χ1v) is 7.56. The van der Waals surface area contributed by atoms with Gasteiger partial charge < -0.3 is 4.90 Å². The number of hydrogen-bond donors (Lipinski definition) is 0. The first-order valence-electron chi connectivity index (χ1n) is 6.68. The lowest BCUT2D eigenvalue weighted by Gasteiger charge is -2.16. The Balaban J connectivity index is 1.66. The normalized spacial score (nSPS) is 10.8. The minimum atomic E-state index is 0.722. The van der Waals surface area contributed by atoms with Gasteiger partial charge in [0.25, 0.3) is 0 Å². The molecule has 3 aromatic heterocycles. The van der Waals surface area contributed by atoms with Crippen molar-refractivity contribution in [3.63, 3.8) is 0 Å². The molecule has 0 atom stereocenters. The second-order valence-electron chi connectivity index (χ2n) is 4.75. The Morgan fingerprint density at radius 2 is 2.14 bits per heavy atom. The predicted molar refractivity (Wildman–Crippen MR) is 83.0 cm³/mol. The molecule has 6 nitrogen and oxygen atoms in total. The molecule has 7 heteroatoms. The highest BCUT2D eigenvalue weighted by Crippen LogP contribution is 2.12. The number of rotatable bonds is 5. The van der Waals surface area contributed by atoms with Crippen LogP contribution in [0.25, 0.3) is 5.82 Å². The molecule has 0 saturated heterocycles. The Labute approximate surface area is 127 Å². The average molecular weight is 300 g/mol. The van der Waals surface area contributed by atoms with Crippen molar-refractivity contribution in [3.05, 3.63) is 46.7 Å². The summed E-state index contributed by atoms with van der Waals surface area (Å²) in [6.07, 6.45) is 4.63. The van der Waals surface area contributed by atoms with E-state index in [2.05, 4.69) is 25.2 Å². The van der Waals surface area contributed by atoms with E-state index in [1.807, 2.05) is 49.9 Å². The number of aromatic nitrogens is 5. The van der Waals surface area contributed by atoms with Crippen LogP contribution in [0.15, 0.2) is 36.0 Å². The predicted octanol–water partition coefficient (Wildman–Crippen LogP) is 2.11. The lowest BCUT2D eigenvalue weighted by atomic mass is 10.4. The topological polar surface area (TPSA) is 59.7 Å². The van der Waals surface area contributed by atoms with E-state index in [4.69, 9.17) is 0 Å². The summed E-state index contributed by atoms with van der Waals surface area (Å²) in [7, 11) is 2.01. The minimum Gasteiger partial charge on any atom is -0.358 e. The molecule has 0 radical (unpaired) electrons. The van der Waals surface area contributed by atoms with Crippen molar-refractivity contribution in [2.75, 3.05) is 18.5 Å². The van der Waals surface area contributed by atoms with Crippen molar-refractivity contribution >= 4 is 17.2 Å². The summed E-state index contributed by atoms with van der Waals surface area (Å²) in [4.78, 5) is 6.36. The number of anilines is 1. The highest BCUT2D eigenvalue weighted by atomic mass is 32.1. The van der Waals surface area contributed by atoms with Crippen LogP contribution in [0.1, 0.15) is 10.7 Å². The largest absolute Gasteiger partial charge is 0.358 e. The van der Waals surface area contributed by atoms with Gasteiger partial charge in [0.1, 0.15) is 0 Å². The maximum atomic E-state index is 4.32. The van der Waals surface area contributed by atoms with Gasteiger partial charge >= 0.3 is 0 Å². The molecule has 0 unspecified atom stereocenters. The summed E-state index contributed by atoms with van der Waals surface area (Å²) in [6, 6.07) is 5.83. The molecule has 0 spiro atoms. The van der Waals surface area contributed by atoms with Crippen LogP contribution in [-0.2, 0) is 6.42 Å². The molecular weight excluding hydrogens is 284 g/mol. The first kappa shape index (κ1) is 13.7. The molecule has 0 aromatic carbocycles. The van der Waals surface area contributed by atoms with Gasteiger partial charge in [-0.2, -0.15) is 5.10 Å². The molecule has 0 amide bonds. The van der Waals surface area contributed by atoms with E-state index in [0.717, 1.165) is 35.3 Å². The molecule has 108 valence electrons. The SMILES string of the molecule is Cc1ccn(-c2ccc(N(C)CCc3nccs3)nn2)n1. The molecule has 0 bridgehead atoms. The Bertz CT molecular complexity index is 689. The van der Waals surface area contributed by atoms with E-state index in [-0.39, 0.29) is 0 Å². The van der Waals surface area contributed by atoms with Crippen LogP contribution in [0, 0.1) is 6.92 Å². The Kier molecular flexibility index (Phi) is 3.92. The smallest absolute Gasteiger partial charge is 0.175 e. The highest BCUT2D eigenvalue weighted by Gasteiger charge is 2.06. The summed E-state index contributed by atoms with van der Waals surface area (Å²) in [6.45, 7) is 2.81. The molecule has 3 rings (SSSR count). The van der Waals surface area contributed by atoms with Gasteiger partial charge in [-0.05, 0) is 25.1 Å². The summed E-state index contributed by atoms with van der Waals surface area (Å²) in [5.74, 6) is 1.57. The van der Waals surface area contributed by atoms with Crippen LogP contribution >= 0.6 is 11.3 Å². The van der Waals surface area contributed by atoms with E-state index in [9.17, 15) is 0 Å². The molecule has 0 saturated carbocycles. The number of likely N-dealkylation sites (N-methyl/N-ethyl adjacent to an activating group) is 1. The minimum absolute atomic E-state index is 0.722. The van der Waals surface area contributed by atoms with Crippen LogP contribution in [0.2, 0.25) is 0 Å². The van der Waals surface area contributed by atoms with Gasteiger partial charge in [-0.1, -0.05) is 0 Å². The molecule has 0 fully saturated rings. The summed E-state index contributed by atoms with van der Waals surface area (Å²) < 4.78 is 1.72. The summed E-state index contributed by atoms with van der Waals surface area (Å²) in [5, 5.41) is 15.9. The van der Waals surface area contributed by atoms with E-state index >= 15 is 0 Å². The molecule has 0 aliphatic heterocycles. The van der Waals surface area contributed by atoms with Crippen molar-refractivity contribution in [2.45, 2.75) is 13.3 Å². The molecule has 0 aliphatic carbocycles. The highest BCUT2D eigenvalue weighted by molar-refractivity contribution is 7.09. The van der Waals surface area contributed by atoms with E-state index in [0.29, 0.717) is 0 Å². The van der Waals surface area contributed by atoms with E-state index in [1.165, 1.54) is 0 Å². The van der Waals surface area contributed by atoms with Crippen molar-refractivity contribution in [1.29, 1.82) is 0 Å². The fourth-order valence-corrected chi connectivity index (χ4v) is 2.55. The Morgan fingerprint density at radius 1 is 1.24 bits per heavy atom. The number of nitrogens with zero attached hydrogens (tertiary/aromatic N) is 6. The van der Waals surface area contributed by atoms with Crippen molar-refractivity contribution < 1.29 is 0 Å². The van der Waals surface area contributed by atoms with E-state index < -0.39 is 0 Å². The summed E-state index contributed by atoms with van der Waals surface area (Å²) in [5.41, 5.74) is 0.960. The molecule has 3 heterocycles. The van der Waals surface area contributed by atoms with Gasteiger partial charge in [0.05, 0.1) is 10.7 Å². The maximum absolute atomic E-state index is 4.32. The Hall–Kier alpha value is -2.28. The quantitative estimate of drug-likeness (QED) is 0.722. The number of aryl methyl sites for hydroxylation is 1. The molecule has 0 N–H and O–H groups in total. The maximum Gasteiger partial charge on any atom is 0.175 e. The van der Waals surface area contributed by atoms with Gasteiger partial charge in [-0.3, -0.25) is 0 Å². The fourth-order valence-electron chi connectivity index (χ4n) is 1.94. The second-order valence-corrected chi connectivity index (χ2v) is 5.73. The van der Waals surface area contributed by atoms with Gasteiger partial charge in [-0.25, -0.2) is 9.67 Å². The molecule has 3 aromatic rings. The third-order valence-corrected chi connectivity index (χ3v) is 3.97. The molecular formula is C14H16N6S. The molecule has 21 heavy (non-hydrogen) atoms. The third kappa shape index (κ3) is 3.25. The third-order valence-electron chi connectivity index (χ3n) is 3.13. The molecule has 0 aliphatic rings. The van der Waals surface area contributed by atoms with Crippen LogP contribution in [0.5, 0.6) is 0 Å². The summed E-state index contributed by atoms with van der Waals surface area (Å²) >= 11 is 1.68. The zero-order chi connectivity index (χ0) is 14.7. The van der Waals surface area contributed by atoms with Crippen molar-refractivity contribution in [1.82, 2.24) is 25.0 Å². The van der Waals surface area contributed by atoms with Crippen molar-refractivity contribution in [3.8, 4) is 5.82 Å². The van der Waals surface area contributed by atoms with Crippen molar-refractivity contribution in [2.24, 2.45) is 0 Å². The van der Waals surface area contributed by atoms with Crippen LogP contribution < -0.4 is 4.90 Å². The Morgan fingerprint density at radius 3 is 2.76 bits per heavy atom. The zero-order valence-electron chi connectivity index (χ0n) is 12.0. The van der Waals surface area contributed by atoms with Crippen LogP contribution in [0.4, 0.5) is 5.82 Å². The standard InChI is InChI=1S/C14H16N6S/c1-11-5-9-20(18-11)13-4-3-12(16-17-13)19(2)8-6-14-15-7-10-21-14/h3-5,7,9-10H,6,8H2,1-2H3. The monoisotopic (exact) mass is 300 g/mol. The number of thiazole rings is 1. The van der Waals surface area contributed by atoms with Crippen LogP contribution in [0.3, 0.4) is 0 Å². The lowest BCUT2D eigenvalue weighted by Crippen LogP contribution is -2.21. The first-order chi connectivity index (χ1) is 10.2. The van der Waals surface area contributed by atoms with Gasteiger partial charge in [0.2, 0.25) is 0 Å². The van der Waals surface area contributed by atoms with Gasteiger partial charge in [0, 0.05) is 37.8 Å². The van der Waals surface area contributed by atoms with Crippen LogP contribution in [-0.4, -0.2) is 38.6 Å². The number of hydrogen-bond acceptors (Lipinski definition) is 6. The van der Waals surface area contributed by atoms with Gasteiger partial charge in [-0.15, -0.1) is 21.5 Å². The van der Waals surface area contributed by atoms with Gasteiger partial charge in [0.15, 0.2) is 11.6 Å². The zero-order valence-corrected chi connectivity index (χ0v) is 12.8. The van der Waals surface area contributed by atoms with E-state index in [1.54, 1.807) is 16.0 Å². The fraction of sp³-hybridized carbons (Fsp3) is 0.286. The second kappa shape index (κ2) is 6.01. The average Bonchev–Trinajstić information content (AvgIpc) is 3.16. The lowest BCUT2D eigenvalue weighted by molar-refractivity contribution is 0.785.